The Morgan fingerprint density at radius 1 is 1.06 bits per heavy atom. The zero-order chi connectivity index (χ0) is 24.5. The lowest BCUT2D eigenvalue weighted by Crippen LogP contribution is -2.44. The molecule has 1 saturated heterocycles. The number of nitrogens with zero attached hydrogens (tertiary/aromatic N) is 3. The van der Waals surface area contributed by atoms with Crippen LogP contribution in [0.1, 0.15) is 30.3 Å². The van der Waals surface area contributed by atoms with E-state index in [-0.39, 0.29) is 42.3 Å². The van der Waals surface area contributed by atoms with Crippen molar-refractivity contribution < 1.29 is 26.4 Å². The van der Waals surface area contributed by atoms with E-state index >= 15 is 0 Å². The fourth-order valence-corrected chi connectivity index (χ4v) is 5.53. The van der Waals surface area contributed by atoms with E-state index in [0.717, 1.165) is 16.4 Å². The molecule has 0 unspecified atom stereocenters. The van der Waals surface area contributed by atoms with Crippen LogP contribution in [0.15, 0.2) is 59.8 Å². The van der Waals surface area contributed by atoms with E-state index in [1.54, 1.807) is 42.2 Å². The molecule has 1 amide bonds. The third-order valence-electron chi connectivity index (χ3n) is 5.97. The molecule has 4 rings (SSSR count). The first kappa shape index (κ1) is 24.0. The smallest absolute Gasteiger partial charge is 0.243 e. The van der Waals surface area contributed by atoms with Gasteiger partial charge < -0.3 is 9.88 Å². The number of rotatable bonds is 6. The molecular formula is C23H23F3N4O3S. The first-order valence-electron chi connectivity index (χ1n) is 10.7. The van der Waals surface area contributed by atoms with Crippen LogP contribution in [0.5, 0.6) is 0 Å². The molecule has 1 aliphatic heterocycles. The standard InChI is InChI=1S/C23H23F3N4O3S/c1-29-13-10-27-22(29)21(17-4-2-3-5-18(17)24)28-23(31)15-8-11-30(12-9-15)34(32,33)16-6-7-19(25)20(26)14-16/h2-7,10,13-15,21H,8-9,11-12H2,1H3,(H,28,31)/t21-/m0/s1. The molecular weight excluding hydrogens is 469 g/mol. The first-order valence-corrected chi connectivity index (χ1v) is 12.1. The van der Waals surface area contributed by atoms with Gasteiger partial charge in [0.25, 0.3) is 0 Å². The van der Waals surface area contributed by atoms with Crippen LogP contribution < -0.4 is 5.32 Å². The van der Waals surface area contributed by atoms with Gasteiger partial charge >= 0.3 is 0 Å². The van der Waals surface area contributed by atoms with Gasteiger partial charge in [-0.05, 0) is 37.1 Å². The molecule has 0 saturated carbocycles. The number of piperidine rings is 1. The van der Waals surface area contributed by atoms with Gasteiger partial charge in [-0.3, -0.25) is 4.79 Å². The Balaban J connectivity index is 1.47. The Labute approximate surface area is 195 Å². The summed E-state index contributed by atoms with van der Waals surface area (Å²) in [4.78, 5) is 17.0. The number of halogens is 3. The Bertz CT molecular complexity index is 1300. The van der Waals surface area contributed by atoms with Crippen molar-refractivity contribution in [2.75, 3.05) is 13.1 Å². The van der Waals surface area contributed by atoms with Gasteiger partial charge in [0.2, 0.25) is 15.9 Å². The molecule has 1 atom stereocenters. The summed E-state index contributed by atoms with van der Waals surface area (Å²) in [5.41, 5.74) is 0.267. The van der Waals surface area contributed by atoms with Crippen LogP contribution in [0.25, 0.3) is 0 Å². The Kier molecular flexibility index (Phi) is 6.76. The molecule has 1 fully saturated rings. The maximum atomic E-state index is 14.5. The van der Waals surface area contributed by atoms with E-state index in [4.69, 9.17) is 0 Å². The van der Waals surface area contributed by atoms with Crippen molar-refractivity contribution in [3.63, 3.8) is 0 Å². The van der Waals surface area contributed by atoms with Crippen molar-refractivity contribution in [3.8, 4) is 0 Å². The summed E-state index contributed by atoms with van der Waals surface area (Å²) in [6, 6.07) is 7.71. The van der Waals surface area contributed by atoms with Gasteiger partial charge in [-0.1, -0.05) is 18.2 Å². The van der Waals surface area contributed by atoms with E-state index in [9.17, 15) is 26.4 Å². The minimum Gasteiger partial charge on any atom is -0.342 e. The largest absolute Gasteiger partial charge is 0.342 e. The van der Waals surface area contributed by atoms with E-state index in [0.29, 0.717) is 11.9 Å². The number of aryl methyl sites for hydroxylation is 1. The molecule has 34 heavy (non-hydrogen) atoms. The monoisotopic (exact) mass is 492 g/mol. The normalized spacial score (nSPS) is 16.4. The molecule has 1 N–H and O–H groups in total. The predicted molar refractivity (Wildman–Crippen MR) is 117 cm³/mol. The van der Waals surface area contributed by atoms with Crippen molar-refractivity contribution in [2.24, 2.45) is 13.0 Å². The van der Waals surface area contributed by atoms with Crippen LogP contribution in [0, 0.1) is 23.4 Å². The van der Waals surface area contributed by atoms with Gasteiger partial charge in [-0.25, -0.2) is 26.6 Å². The summed E-state index contributed by atoms with van der Waals surface area (Å²) in [6.07, 6.45) is 3.69. The summed E-state index contributed by atoms with van der Waals surface area (Å²) in [7, 11) is -2.29. The highest BCUT2D eigenvalue weighted by molar-refractivity contribution is 7.89. The second-order valence-electron chi connectivity index (χ2n) is 8.11. The molecule has 11 heteroatoms. The highest BCUT2D eigenvalue weighted by Crippen LogP contribution is 2.28. The number of carbonyl (C=O) groups excluding carboxylic acids is 1. The topological polar surface area (TPSA) is 84.3 Å². The maximum absolute atomic E-state index is 14.5. The number of nitrogens with one attached hydrogen (secondary N) is 1. The Morgan fingerprint density at radius 2 is 1.76 bits per heavy atom. The molecule has 0 bridgehead atoms. The van der Waals surface area contributed by atoms with Gasteiger partial charge in [-0.15, -0.1) is 0 Å². The molecule has 3 aromatic rings. The van der Waals surface area contributed by atoms with E-state index in [2.05, 4.69) is 10.3 Å². The predicted octanol–water partition coefficient (Wildman–Crippen LogP) is 3.14. The van der Waals surface area contributed by atoms with Crippen LogP contribution >= 0.6 is 0 Å². The van der Waals surface area contributed by atoms with Gasteiger partial charge in [0, 0.05) is 44.0 Å². The molecule has 180 valence electrons. The summed E-state index contributed by atoms with van der Waals surface area (Å²) in [6.45, 7) is 0.0678. The zero-order valence-electron chi connectivity index (χ0n) is 18.3. The third kappa shape index (κ3) is 4.71. The fourth-order valence-electron chi connectivity index (χ4n) is 4.05. The van der Waals surface area contributed by atoms with E-state index in [1.807, 2.05) is 0 Å². The van der Waals surface area contributed by atoms with Gasteiger partial charge in [0.1, 0.15) is 17.7 Å². The van der Waals surface area contributed by atoms with Crippen LogP contribution in [0.4, 0.5) is 13.2 Å². The van der Waals surface area contributed by atoms with Gasteiger partial charge in [0.15, 0.2) is 11.6 Å². The maximum Gasteiger partial charge on any atom is 0.243 e. The average molecular weight is 493 g/mol. The number of amides is 1. The number of benzene rings is 2. The Morgan fingerprint density at radius 3 is 2.38 bits per heavy atom. The summed E-state index contributed by atoms with van der Waals surface area (Å²) < 4.78 is 69.7. The number of hydrogen-bond acceptors (Lipinski definition) is 4. The number of sulfonamides is 1. The van der Waals surface area contributed by atoms with Crippen LogP contribution in [0.3, 0.4) is 0 Å². The lowest BCUT2D eigenvalue weighted by Gasteiger charge is -2.31. The number of hydrogen-bond donors (Lipinski definition) is 1. The average Bonchev–Trinajstić information content (AvgIpc) is 3.25. The molecule has 0 spiro atoms. The van der Waals surface area contributed by atoms with Crippen LogP contribution in [-0.2, 0) is 21.9 Å². The Hall–Kier alpha value is -3.18. The van der Waals surface area contributed by atoms with Crippen molar-refractivity contribution >= 4 is 15.9 Å². The SMILES string of the molecule is Cn1ccnc1[C@@H](NC(=O)C1CCN(S(=O)(=O)c2ccc(F)c(F)c2)CC1)c1ccccc1F. The van der Waals surface area contributed by atoms with Crippen molar-refractivity contribution in [3.05, 3.63) is 83.7 Å². The summed E-state index contributed by atoms with van der Waals surface area (Å²) in [5.74, 6) is -3.26. The molecule has 1 aromatic heterocycles. The first-order chi connectivity index (χ1) is 16.2. The highest BCUT2D eigenvalue weighted by Gasteiger charge is 2.34. The quantitative estimate of drug-likeness (QED) is 0.573. The molecule has 0 radical (unpaired) electrons. The number of aromatic nitrogens is 2. The van der Waals surface area contributed by atoms with Crippen molar-refractivity contribution in [1.82, 2.24) is 19.2 Å². The van der Waals surface area contributed by atoms with Crippen LogP contribution in [0.2, 0.25) is 0 Å². The van der Waals surface area contributed by atoms with Gasteiger partial charge in [0.05, 0.1) is 4.90 Å². The molecule has 7 nitrogen and oxygen atoms in total. The molecule has 0 aliphatic carbocycles. The van der Waals surface area contributed by atoms with E-state index in [1.165, 1.54) is 6.07 Å². The second kappa shape index (κ2) is 9.59. The summed E-state index contributed by atoms with van der Waals surface area (Å²) in [5, 5.41) is 2.86. The lowest BCUT2D eigenvalue weighted by molar-refractivity contribution is -0.126. The molecule has 2 aromatic carbocycles. The number of carbonyl (C=O) groups is 1. The zero-order valence-corrected chi connectivity index (χ0v) is 19.1. The third-order valence-corrected chi connectivity index (χ3v) is 7.87. The fraction of sp³-hybridized carbons (Fsp3) is 0.304. The molecule has 2 heterocycles. The van der Waals surface area contributed by atoms with Crippen LogP contribution in [-0.4, -0.2) is 41.3 Å². The lowest BCUT2D eigenvalue weighted by atomic mass is 9.96. The minimum absolute atomic E-state index is 0.0339. The van der Waals surface area contributed by atoms with E-state index < -0.39 is 39.4 Å². The highest BCUT2D eigenvalue weighted by atomic mass is 32.2. The second-order valence-corrected chi connectivity index (χ2v) is 10.1. The minimum atomic E-state index is -4.03. The van der Waals surface area contributed by atoms with Crippen molar-refractivity contribution in [1.29, 1.82) is 0 Å². The summed E-state index contributed by atoms with van der Waals surface area (Å²) >= 11 is 0. The van der Waals surface area contributed by atoms with Crippen molar-refractivity contribution in [2.45, 2.75) is 23.8 Å². The number of imidazole rings is 1. The van der Waals surface area contributed by atoms with Gasteiger partial charge in [-0.2, -0.15) is 4.31 Å². The molecule has 1 aliphatic rings.